The number of hydrogen-bond acceptors (Lipinski definition) is 19. The molecule has 12 heterocycles. The molecule has 15 aromatic rings. The second-order valence-electron chi connectivity index (χ2n) is 30.5. The zero-order valence-corrected chi connectivity index (χ0v) is 68.2. The van der Waals surface area contributed by atoms with Crippen molar-refractivity contribution in [1.82, 2.24) is 72.4 Å². The van der Waals surface area contributed by atoms with Gasteiger partial charge in [0.25, 0.3) is 0 Å². The molecule has 3 fully saturated rings. The molecule has 0 aliphatic heterocycles. The van der Waals surface area contributed by atoms with Crippen molar-refractivity contribution in [1.29, 1.82) is 0 Å². The maximum absolute atomic E-state index is 13.6. The number of carboxylic acids is 1. The van der Waals surface area contributed by atoms with Crippen molar-refractivity contribution in [2.45, 2.75) is 160 Å². The summed E-state index contributed by atoms with van der Waals surface area (Å²) in [5.74, 6) is 4.17. The number of halogens is 3. The van der Waals surface area contributed by atoms with Gasteiger partial charge in [0.1, 0.15) is 58.5 Å². The molecule has 616 valence electrons. The molecule has 0 spiro atoms. The van der Waals surface area contributed by atoms with Crippen LogP contribution in [0, 0.1) is 18.8 Å². The first-order valence-corrected chi connectivity index (χ1v) is 41.7. The number of Topliss-reactive ketones (excluding diaryl/α,β-unsaturated/α-hetero) is 2. The van der Waals surface area contributed by atoms with E-state index in [2.05, 4.69) is 135 Å². The lowest BCUT2D eigenvalue weighted by molar-refractivity contribution is 0.0698. The van der Waals surface area contributed by atoms with Crippen LogP contribution >= 0.6 is 0 Å². The van der Waals surface area contributed by atoms with Crippen LogP contribution < -0.4 is 21.0 Å². The molecule has 3 saturated carbocycles. The maximum atomic E-state index is 13.6. The Labute approximate surface area is 686 Å². The molecule has 3 aliphatic rings. The predicted octanol–water partition coefficient (Wildman–Crippen LogP) is 16.7. The molecular formula is C89H96F3N19O7S. The lowest BCUT2D eigenvalue weighted by atomic mass is 10.1. The number of carbonyl (C=O) groups is 3. The average molecular weight is 1630 g/mol. The summed E-state index contributed by atoms with van der Waals surface area (Å²) in [6.45, 7) is 12.3. The summed E-state index contributed by atoms with van der Waals surface area (Å²) in [6, 6.07) is 44.7. The third kappa shape index (κ3) is 18.1. The standard InChI is InChI=1S/C30H31FN6O.C26H26N6O2.C23H25FN6O.C10H11FO2S.H3NO/c1-3-4-13-36-19-24(22-11-8-12-32-29(22)36)26-16-28(35(2)18-20-9-6-5-7-10-20)37-30(34-26)23(17-33-37)27(38)15-21-14-25(21)31;1-3-4-13-31-17-21(19-11-8-12-27-24(19)31)22-14-23(30(2)16-18-9-6-5-7-10-18)32-25(29-22)20(15-28-32)26(33)34;1-3-4-8-29-13-17(15-6-5-7-26-22(15)29)19-11-21(25-2)30-23(28-19)16(12-27-30)20(31)10-14-9-18(14)24;1-7-2-4-8(5-3-7)14(12,13)10-6-9(10)11;1-2/h5-12,16-17,19,21,25H,3-4,13-15,18H2,1-2H3;5-12,14-15,17H,3-4,13,16H2,1-2H3,(H,33,34);5-7,11-14,18,25H,3-4,8-10H2,1-2H3;2-5,9-10H,6H2,1H3;2H,1H2/t21-,25-;;14-,18-;9-,10?;/m0.00./s1. The van der Waals surface area contributed by atoms with Crippen molar-refractivity contribution in [2.75, 3.05) is 36.3 Å². The van der Waals surface area contributed by atoms with E-state index < -0.39 is 39.6 Å². The number of carbonyl (C=O) groups excluding carboxylic acids is 2. The number of nitrogens with zero attached hydrogens (tertiary/aromatic N) is 17. The van der Waals surface area contributed by atoms with Gasteiger partial charge >= 0.3 is 5.97 Å². The van der Waals surface area contributed by atoms with Crippen LogP contribution in [0.15, 0.2) is 200 Å². The quantitative estimate of drug-likeness (QED) is 0.0261. The van der Waals surface area contributed by atoms with E-state index in [1.54, 1.807) is 44.3 Å². The third-order valence-electron chi connectivity index (χ3n) is 21.7. The largest absolute Gasteiger partial charge is 0.477 e. The fourth-order valence-electron chi connectivity index (χ4n) is 14.8. The minimum atomic E-state index is -3.41. The van der Waals surface area contributed by atoms with Crippen LogP contribution in [0.5, 0.6) is 0 Å². The number of alkyl halides is 3. The second-order valence-corrected chi connectivity index (χ2v) is 32.6. The molecule has 0 bridgehead atoms. The van der Waals surface area contributed by atoms with E-state index in [-0.39, 0.29) is 53.1 Å². The van der Waals surface area contributed by atoms with Crippen LogP contribution in [-0.2, 0) is 42.6 Å². The van der Waals surface area contributed by atoms with Crippen LogP contribution in [0.4, 0.5) is 30.6 Å². The molecule has 3 aromatic carbocycles. The Morgan fingerprint density at radius 3 is 1.24 bits per heavy atom. The first-order valence-electron chi connectivity index (χ1n) is 40.2. The van der Waals surface area contributed by atoms with Crippen molar-refractivity contribution >= 4 is 94.9 Å². The topological polar surface area (TPSA) is 314 Å². The molecule has 0 radical (unpaired) electrons. The third-order valence-corrected chi connectivity index (χ3v) is 23.9. The van der Waals surface area contributed by atoms with Gasteiger partial charge in [-0.3, -0.25) is 9.59 Å². The van der Waals surface area contributed by atoms with Crippen LogP contribution in [0.3, 0.4) is 0 Å². The monoisotopic (exact) mass is 1630 g/mol. The highest BCUT2D eigenvalue weighted by atomic mass is 32.2. The number of unbranched alkanes of at least 4 members (excludes halogenated alkanes) is 3. The number of aromatic carboxylic acids is 1. The minimum Gasteiger partial charge on any atom is -0.477 e. The Kier molecular flexibility index (Phi) is 25.5. The highest BCUT2D eigenvalue weighted by Gasteiger charge is 2.49. The normalized spacial score (nSPS) is 16.4. The Hall–Kier alpha value is -12.5. The van der Waals surface area contributed by atoms with Gasteiger partial charge in [0, 0.05) is 167 Å². The number of carboxylic acid groups (broad SMARTS) is 1. The summed E-state index contributed by atoms with van der Waals surface area (Å²) in [5.41, 5.74) is 13.3. The molecule has 0 amide bonds. The van der Waals surface area contributed by atoms with E-state index in [0.29, 0.717) is 59.7 Å². The van der Waals surface area contributed by atoms with E-state index in [0.717, 1.165) is 153 Å². The molecule has 18 rings (SSSR count). The lowest BCUT2D eigenvalue weighted by Crippen LogP contribution is -2.20. The molecule has 6 atom stereocenters. The number of nitrogens with one attached hydrogen (secondary N) is 1. The molecule has 0 saturated heterocycles. The van der Waals surface area contributed by atoms with Crippen LogP contribution in [-0.4, -0.2) is 154 Å². The fourth-order valence-corrected chi connectivity index (χ4v) is 16.5. The van der Waals surface area contributed by atoms with Gasteiger partial charge in [-0.1, -0.05) is 118 Å². The fraction of sp³-hybridized carbons (Fsp3) is 0.326. The first-order chi connectivity index (χ1) is 57.7. The van der Waals surface area contributed by atoms with Gasteiger partial charge in [0.15, 0.2) is 38.3 Å². The van der Waals surface area contributed by atoms with E-state index in [4.69, 9.17) is 20.2 Å². The highest BCUT2D eigenvalue weighted by Crippen LogP contribution is 2.42. The number of hydrogen-bond donors (Lipinski definition) is 4. The van der Waals surface area contributed by atoms with Crippen molar-refractivity contribution in [3.63, 3.8) is 0 Å². The van der Waals surface area contributed by atoms with Gasteiger partial charge in [-0.05, 0) is 105 Å². The molecule has 1 unspecified atom stereocenters. The highest BCUT2D eigenvalue weighted by molar-refractivity contribution is 7.92. The van der Waals surface area contributed by atoms with Gasteiger partial charge in [-0.25, -0.2) is 62.2 Å². The smallest absolute Gasteiger partial charge is 0.341 e. The number of anilines is 3. The Morgan fingerprint density at radius 1 is 0.504 bits per heavy atom. The van der Waals surface area contributed by atoms with Gasteiger partial charge in [0.05, 0.1) is 56.9 Å². The minimum absolute atomic E-state index is 0.0732. The number of nitrogens with two attached hydrogens (primary N) is 1. The maximum Gasteiger partial charge on any atom is 0.341 e. The zero-order chi connectivity index (χ0) is 83.8. The summed E-state index contributed by atoms with van der Waals surface area (Å²) in [6.07, 6.45) is 21.1. The zero-order valence-electron chi connectivity index (χ0n) is 67.4. The molecule has 3 aliphatic carbocycles. The SMILES string of the molecule is CCCCn1cc(-c2cc(N(C)Cc3ccccc3)n3ncc(C(=O)C[C@@H]4C[C@@H]4F)c3n2)c2cccnc21.CCCCn1cc(-c2cc(N(C)Cc3ccccc3)n3ncc(C(=O)O)c3n2)c2cccnc21.CCCCn1cc(-c2cc(NC)n3ncc(C(=O)C[C@@H]4C[C@@H]4F)c3n2)c2cccnc21.Cc1ccc(S(=O)(=O)C2C[C@@H]2F)cc1.NO. The van der Waals surface area contributed by atoms with E-state index >= 15 is 0 Å². The summed E-state index contributed by atoms with van der Waals surface area (Å²) in [7, 11) is 2.39. The van der Waals surface area contributed by atoms with Crippen LogP contribution in [0.25, 0.3) is 83.8 Å². The second kappa shape index (κ2) is 36.5. The Bertz CT molecular complexity index is 6250. The predicted molar refractivity (Wildman–Crippen MR) is 455 cm³/mol. The van der Waals surface area contributed by atoms with Crippen LogP contribution in [0.1, 0.15) is 139 Å². The lowest BCUT2D eigenvalue weighted by Gasteiger charge is -2.21. The van der Waals surface area contributed by atoms with Crippen molar-refractivity contribution in [3.8, 4) is 33.8 Å². The molecular weight excluding hydrogens is 1540 g/mol. The van der Waals surface area contributed by atoms with Gasteiger partial charge < -0.3 is 39.1 Å². The van der Waals surface area contributed by atoms with E-state index in [9.17, 15) is 41.1 Å². The number of benzene rings is 3. The molecule has 5 N–H and O–H groups in total. The van der Waals surface area contributed by atoms with Crippen LogP contribution in [0.2, 0.25) is 0 Å². The van der Waals surface area contributed by atoms with Crippen molar-refractivity contribution < 1.29 is 46.3 Å². The van der Waals surface area contributed by atoms with Crippen molar-refractivity contribution in [2.24, 2.45) is 17.7 Å². The molecule has 12 aromatic heterocycles. The number of aromatic nitrogens is 15. The summed E-state index contributed by atoms with van der Waals surface area (Å²) >= 11 is 0. The molecule has 119 heavy (non-hydrogen) atoms. The average Bonchev–Trinajstić information content (AvgIpc) is 1.61. The summed E-state index contributed by atoms with van der Waals surface area (Å²) in [4.78, 5) is 70.7. The number of rotatable bonds is 28. The summed E-state index contributed by atoms with van der Waals surface area (Å²) < 4.78 is 74.4. The van der Waals surface area contributed by atoms with E-state index in [1.807, 2.05) is 119 Å². The number of sulfone groups is 1. The number of aryl methyl sites for hydroxylation is 4. The van der Waals surface area contributed by atoms with Gasteiger partial charge in [-0.2, -0.15) is 28.8 Å². The molecule has 26 nitrogen and oxygen atoms in total. The van der Waals surface area contributed by atoms with Crippen molar-refractivity contribution in [3.05, 3.63) is 229 Å². The number of fused-ring (bicyclic) bond motifs is 6. The first kappa shape index (κ1) is 83.0. The number of ketones is 2. The number of pyridine rings is 3. The Morgan fingerprint density at radius 2 is 0.874 bits per heavy atom. The van der Waals surface area contributed by atoms with E-state index in [1.165, 1.54) is 24.5 Å². The van der Waals surface area contributed by atoms with Gasteiger partial charge in [0.2, 0.25) is 0 Å². The van der Waals surface area contributed by atoms with Gasteiger partial charge in [-0.15, -0.1) is 0 Å². The molecule has 30 heteroatoms. The Balaban J connectivity index is 0.000000134. The summed E-state index contributed by atoms with van der Waals surface area (Å²) in [5, 5.41) is 34.9.